The summed E-state index contributed by atoms with van der Waals surface area (Å²) < 4.78 is 5.30. The highest BCUT2D eigenvalue weighted by Gasteiger charge is 2.07. The number of rotatable bonds is 6. The van der Waals surface area contributed by atoms with E-state index in [-0.39, 0.29) is 19.0 Å². The van der Waals surface area contributed by atoms with E-state index >= 15 is 0 Å². The second-order valence-electron chi connectivity index (χ2n) is 5.08. The fraction of sp³-hybridized carbons (Fsp3) is 0.846. The Morgan fingerprint density at radius 3 is 1.53 bits per heavy atom. The first kappa shape index (κ1) is 23.4. The average Bonchev–Trinajstić information content (AvgIpc) is 2.16. The molecular weight excluding hydrogens is 270 g/mol. The summed E-state index contributed by atoms with van der Waals surface area (Å²) in [6, 6.07) is 0. The summed E-state index contributed by atoms with van der Waals surface area (Å²) >= 11 is 0. The molecule has 0 aromatic carbocycles. The molecule has 0 saturated carbocycles. The van der Waals surface area contributed by atoms with Crippen molar-refractivity contribution in [2.75, 3.05) is 34.3 Å². The summed E-state index contributed by atoms with van der Waals surface area (Å²) in [5.74, 6) is -0.822. The Balaban J connectivity index is -0.000000280. The second-order valence-corrected chi connectivity index (χ2v) is 5.08. The van der Waals surface area contributed by atoms with Gasteiger partial charge in [-0.05, 0) is 12.8 Å². The van der Waals surface area contributed by atoms with Gasteiger partial charge < -0.3 is 26.7 Å². The van der Waals surface area contributed by atoms with E-state index in [9.17, 15) is 9.59 Å². The van der Waals surface area contributed by atoms with Crippen LogP contribution < -0.4 is 12.4 Å². The summed E-state index contributed by atoms with van der Waals surface area (Å²) in [4.78, 5) is 21.4. The molecule has 0 aliphatic rings. The number of aliphatic hydroxyl groups excluding tert-OH is 1. The number of quaternary nitrogens is 1. The lowest BCUT2D eigenvalue weighted by Gasteiger charge is -2.21. The van der Waals surface area contributed by atoms with Crippen molar-refractivity contribution >= 4 is 11.9 Å². The molecule has 0 aromatic rings. The SMILES string of the molecule is CCCC(=O)OC(=O)CCC.C[N+](C)(C)CCO.[Cl-]. The molecule has 0 aromatic heterocycles. The van der Waals surface area contributed by atoms with Crippen LogP contribution in [-0.4, -0.2) is 55.8 Å². The Hall–Kier alpha value is -0.650. The topological polar surface area (TPSA) is 63.6 Å². The molecule has 0 rings (SSSR count). The first-order chi connectivity index (χ1) is 8.26. The highest BCUT2D eigenvalue weighted by Crippen LogP contribution is 1.96. The first-order valence-electron chi connectivity index (χ1n) is 6.41. The zero-order chi connectivity index (χ0) is 14.6. The number of hydrogen-bond acceptors (Lipinski definition) is 4. The third-order valence-corrected chi connectivity index (χ3v) is 1.91. The maximum Gasteiger partial charge on any atom is 0.313 e. The molecule has 0 bridgehead atoms. The van der Waals surface area contributed by atoms with Crippen molar-refractivity contribution in [3.8, 4) is 0 Å². The number of nitrogens with zero attached hydrogens (tertiary/aromatic N) is 1. The number of carbonyl (C=O) groups excluding carboxylic acids is 2. The summed E-state index contributed by atoms with van der Waals surface area (Å²) in [7, 11) is 6.16. The molecule has 5 nitrogen and oxygen atoms in total. The minimum absolute atomic E-state index is 0. The Labute approximate surface area is 122 Å². The molecule has 19 heavy (non-hydrogen) atoms. The van der Waals surface area contributed by atoms with Crippen molar-refractivity contribution in [1.29, 1.82) is 0 Å². The molecule has 1 N–H and O–H groups in total. The zero-order valence-electron chi connectivity index (χ0n) is 12.7. The van der Waals surface area contributed by atoms with Crippen LogP contribution in [0.2, 0.25) is 0 Å². The van der Waals surface area contributed by atoms with E-state index in [1.165, 1.54) is 0 Å². The van der Waals surface area contributed by atoms with Gasteiger partial charge in [-0.15, -0.1) is 0 Å². The molecule has 0 spiro atoms. The van der Waals surface area contributed by atoms with Crippen LogP contribution >= 0.6 is 0 Å². The van der Waals surface area contributed by atoms with Gasteiger partial charge in [-0.1, -0.05) is 13.8 Å². The highest BCUT2D eigenvalue weighted by atomic mass is 35.5. The van der Waals surface area contributed by atoms with Crippen molar-refractivity contribution in [2.45, 2.75) is 39.5 Å². The van der Waals surface area contributed by atoms with E-state index in [1.54, 1.807) is 0 Å². The fourth-order valence-electron chi connectivity index (χ4n) is 0.937. The van der Waals surface area contributed by atoms with Gasteiger partial charge >= 0.3 is 11.9 Å². The molecule has 0 amide bonds. The van der Waals surface area contributed by atoms with E-state index in [1.807, 2.05) is 13.8 Å². The molecule has 0 atom stereocenters. The molecule has 0 fully saturated rings. The van der Waals surface area contributed by atoms with E-state index in [0.29, 0.717) is 12.8 Å². The van der Waals surface area contributed by atoms with Crippen LogP contribution in [0.15, 0.2) is 0 Å². The molecule has 0 radical (unpaired) electrons. The minimum Gasteiger partial charge on any atom is -1.00 e. The van der Waals surface area contributed by atoms with Crippen LogP contribution in [0.25, 0.3) is 0 Å². The second kappa shape index (κ2) is 13.8. The van der Waals surface area contributed by atoms with E-state index in [2.05, 4.69) is 25.9 Å². The third kappa shape index (κ3) is 22.9. The van der Waals surface area contributed by atoms with Crippen LogP contribution in [0.4, 0.5) is 0 Å². The fourth-order valence-corrected chi connectivity index (χ4v) is 0.937. The predicted octanol–water partition coefficient (Wildman–Crippen LogP) is -1.65. The Kier molecular flexibility index (Phi) is 17.0. The molecule has 6 heteroatoms. The largest absolute Gasteiger partial charge is 1.00 e. The van der Waals surface area contributed by atoms with Gasteiger partial charge in [0.15, 0.2) is 0 Å². The number of carbonyl (C=O) groups is 2. The molecule has 0 heterocycles. The summed E-state index contributed by atoms with van der Waals surface area (Å²) in [6.07, 6.45) is 2.10. The van der Waals surface area contributed by atoms with E-state index < -0.39 is 11.9 Å². The zero-order valence-corrected chi connectivity index (χ0v) is 13.5. The maximum absolute atomic E-state index is 10.7. The van der Waals surface area contributed by atoms with Gasteiger partial charge in [0.25, 0.3) is 0 Å². The standard InChI is InChI=1S/C8H14O3.C5H14NO.ClH/c1-3-5-7(9)11-8(10)6-4-2;1-6(2,3)4-5-7;/h3-6H2,1-2H3;7H,4-5H2,1-3H3;1H/q;+1;/p-1. The van der Waals surface area contributed by atoms with Crippen molar-refractivity contribution in [2.24, 2.45) is 0 Å². The van der Waals surface area contributed by atoms with Crippen molar-refractivity contribution < 1.29 is 36.3 Å². The number of esters is 2. The third-order valence-electron chi connectivity index (χ3n) is 1.91. The van der Waals surface area contributed by atoms with Gasteiger partial charge in [0.2, 0.25) is 0 Å². The molecule has 116 valence electrons. The lowest BCUT2D eigenvalue weighted by Crippen LogP contribution is -3.00. The molecule has 0 unspecified atom stereocenters. The Morgan fingerprint density at radius 2 is 1.37 bits per heavy atom. The molecular formula is C13H28ClNO4. The van der Waals surface area contributed by atoms with Gasteiger partial charge in [0.05, 0.1) is 27.7 Å². The summed E-state index contributed by atoms with van der Waals surface area (Å²) in [6.45, 7) is 4.85. The van der Waals surface area contributed by atoms with Crippen LogP contribution in [0.5, 0.6) is 0 Å². The van der Waals surface area contributed by atoms with Crippen molar-refractivity contribution in [3.05, 3.63) is 0 Å². The summed E-state index contributed by atoms with van der Waals surface area (Å²) in [5, 5.41) is 8.39. The van der Waals surface area contributed by atoms with Crippen LogP contribution in [0.3, 0.4) is 0 Å². The van der Waals surface area contributed by atoms with Crippen LogP contribution in [0.1, 0.15) is 39.5 Å². The maximum atomic E-state index is 10.7. The van der Waals surface area contributed by atoms with Gasteiger partial charge in [0, 0.05) is 12.8 Å². The Morgan fingerprint density at radius 1 is 1.00 bits per heavy atom. The van der Waals surface area contributed by atoms with Gasteiger partial charge in [0.1, 0.15) is 6.54 Å². The quantitative estimate of drug-likeness (QED) is 0.362. The number of likely N-dealkylation sites (N-methyl/N-ethyl adjacent to an activating group) is 1. The average molecular weight is 298 g/mol. The van der Waals surface area contributed by atoms with Gasteiger partial charge in [-0.25, -0.2) is 0 Å². The van der Waals surface area contributed by atoms with Gasteiger partial charge in [-0.2, -0.15) is 0 Å². The molecule has 0 aliphatic heterocycles. The summed E-state index contributed by atoms with van der Waals surface area (Å²) in [5.41, 5.74) is 0. The lowest BCUT2D eigenvalue weighted by molar-refractivity contribution is -0.870. The van der Waals surface area contributed by atoms with E-state index in [4.69, 9.17) is 5.11 Å². The number of hydrogen-bond donors (Lipinski definition) is 1. The predicted molar refractivity (Wildman–Crippen MR) is 70.9 cm³/mol. The number of ether oxygens (including phenoxy) is 1. The van der Waals surface area contributed by atoms with Crippen molar-refractivity contribution in [3.63, 3.8) is 0 Å². The van der Waals surface area contributed by atoms with Crippen LogP contribution in [-0.2, 0) is 14.3 Å². The smallest absolute Gasteiger partial charge is 0.313 e. The molecule has 0 saturated heterocycles. The normalized spacial score (nSPS) is 9.79. The monoisotopic (exact) mass is 297 g/mol. The first-order valence-corrected chi connectivity index (χ1v) is 6.41. The minimum atomic E-state index is -0.411. The highest BCUT2D eigenvalue weighted by molar-refractivity contribution is 5.85. The number of halogens is 1. The Bertz CT molecular complexity index is 223. The van der Waals surface area contributed by atoms with Crippen molar-refractivity contribution in [1.82, 2.24) is 0 Å². The van der Waals surface area contributed by atoms with Gasteiger partial charge in [-0.3, -0.25) is 9.59 Å². The lowest BCUT2D eigenvalue weighted by atomic mass is 10.3. The number of aliphatic hydroxyl groups is 1. The molecule has 0 aliphatic carbocycles. The van der Waals surface area contributed by atoms with E-state index in [0.717, 1.165) is 23.9 Å². The van der Waals surface area contributed by atoms with Crippen LogP contribution in [0, 0.1) is 0 Å².